The van der Waals surface area contributed by atoms with Crippen molar-refractivity contribution in [3.8, 4) is 0 Å². The summed E-state index contributed by atoms with van der Waals surface area (Å²) in [5, 5.41) is 6.45. The lowest BCUT2D eigenvalue weighted by atomic mass is 9.69. The highest BCUT2D eigenvalue weighted by Crippen LogP contribution is 2.49. The van der Waals surface area contributed by atoms with Crippen LogP contribution in [0.5, 0.6) is 0 Å². The number of hydrogen-bond donors (Lipinski definition) is 4. The number of hydrazone groups is 1. The molecule has 1 fully saturated rings. The first kappa shape index (κ1) is 40.0. The Morgan fingerprint density at radius 2 is 1.78 bits per heavy atom. The van der Waals surface area contributed by atoms with Gasteiger partial charge in [-0.2, -0.15) is 5.10 Å². The van der Waals surface area contributed by atoms with E-state index in [1.807, 2.05) is 13.0 Å². The number of nitrogens with zero attached hydrogens (tertiary/aromatic N) is 3. The number of nitrogens with two attached hydrogens (primary N) is 2. The number of rotatable bonds is 13. The molecule has 0 aromatic heterocycles. The monoisotopic (exact) mass is 676 g/mol. The van der Waals surface area contributed by atoms with E-state index in [1.54, 1.807) is 12.2 Å². The maximum Gasteiger partial charge on any atom is 0.274 e. The highest BCUT2D eigenvalue weighted by Gasteiger charge is 2.53. The molecule has 49 heavy (non-hydrogen) atoms. The largest absolute Gasteiger partial charge is 0.384 e. The van der Waals surface area contributed by atoms with Crippen LogP contribution in [0.3, 0.4) is 0 Å². The van der Waals surface area contributed by atoms with Gasteiger partial charge in [-0.25, -0.2) is 11.4 Å². The average molecular weight is 676 g/mol. The smallest absolute Gasteiger partial charge is 0.274 e. The Balaban J connectivity index is 2.03. The van der Waals surface area contributed by atoms with Gasteiger partial charge in [0.1, 0.15) is 17.2 Å². The van der Waals surface area contributed by atoms with Gasteiger partial charge < -0.3 is 16.0 Å². The molecule has 3 rings (SSSR count). The Hall–Kier alpha value is -3.46. The van der Waals surface area contributed by atoms with E-state index in [0.717, 1.165) is 68.9 Å². The van der Waals surface area contributed by atoms with E-state index in [2.05, 4.69) is 102 Å². The van der Waals surface area contributed by atoms with E-state index in [-0.39, 0.29) is 46.5 Å². The fraction of sp³-hybridized carbons (Fsp3) is 0.650. The fourth-order valence-corrected chi connectivity index (χ4v) is 7.23. The number of aliphatic imine (C=N–C) groups is 1. The molecule has 9 nitrogen and oxygen atoms in total. The van der Waals surface area contributed by atoms with Crippen molar-refractivity contribution >= 4 is 23.4 Å². The van der Waals surface area contributed by atoms with Crippen molar-refractivity contribution in [3.05, 3.63) is 59.3 Å². The molecule has 272 valence electrons. The zero-order valence-corrected chi connectivity index (χ0v) is 32.1. The second-order valence-corrected chi connectivity index (χ2v) is 17.1. The molecule has 9 heteroatoms. The highest BCUT2D eigenvalue weighted by atomic mass is 16.2. The summed E-state index contributed by atoms with van der Waals surface area (Å²) in [5.41, 5.74) is 12.0. The molecule has 3 aliphatic rings. The molecule has 1 aliphatic heterocycles. The number of carbonyl (C=O) groups excluding carboxylic acids is 2. The number of hydrogen-bond acceptors (Lipinski definition) is 6. The second kappa shape index (κ2) is 16.0. The van der Waals surface area contributed by atoms with E-state index < -0.39 is 5.66 Å². The second-order valence-electron chi connectivity index (χ2n) is 17.1. The molecule has 0 radical (unpaired) electrons. The molecular weight excluding hydrogens is 610 g/mol. The molecule has 2 amide bonds. The maximum absolute atomic E-state index is 14.8. The normalized spacial score (nSPS) is 23.4. The lowest BCUT2D eigenvalue weighted by Crippen LogP contribution is -2.55. The van der Waals surface area contributed by atoms with Gasteiger partial charge in [0.2, 0.25) is 0 Å². The van der Waals surface area contributed by atoms with Crippen molar-refractivity contribution in [2.45, 2.75) is 139 Å². The molecule has 1 spiro atoms. The summed E-state index contributed by atoms with van der Waals surface area (Å²) in [4.78, 5) is 35.4. The number of amidine groups is 1. The quantitative estimate of drug-likeness (QED) is 0.0403. The summed E-state index contributed by atoms with van der Waals surface area (Å²) in [6.07, 6.45) is 18.0. The first-order chi connectivity index (χ1) is 22.8. The minimum atomic E-state index is -0.615. The van der Waals surface area contributed by atoms with Crippen LogP contribution < -0.4 is 22.4 Å². The third kappa shape index (κ3) is 10.1. The molecule has 1 saturated carbocycles. The number of carbonyl (C=O) groups is 2. The molecule has 2 aliphatic carbocycles. The fourth-order valence-electron chi connectivity index (χ4n) is 7.23. The molecule has 0 aromatic rings. The maximum atomic E-state index is 14.8. The molecule has 1 unspecified atom stereocenters. The van der Waals surface area contributed by atoms with Crippen LogP contribution in [-0.2, 0) is 9.59 Å². The zero-order valence-electron chi connectivity index (χ0n) is 32.1. The van der Waals surface area contributed by atoms with Crippen LogP contribution >= 0.6 is 0 Å². The third-order valence-corrected chi connectivity index (χ3v) is 11.0. The van der Waals surface area contributed by atoms with E-state index in [9.17, 15) is 9.59 Å². The molecule has 6 N–H and O–H groups in total. The predicted molar refractivity (Wildman–Crippen MR) is 204 cm³/mol. The summed E-state index contributed by atoms with van der Waals surface area (Å²) in [5.74, 6) is 5.63. The van der Waals surface area contributed by atoms with E-state index >= 15 is 0 Å². The Kier molecular flexibility index (Phi) is 13.1. The molecule has 0 saturated heterocycles. The van der Waals surface area contributed by atoms with Crippen molar-refractivity contribution in [1.29, 1.82) is 0 Å². The van der Waals surface area contributed by atoms with Crippen molar-refractivity contribution in [2.24, 2.45) is 43.8 Å². The Morgan fingerprint density at radius 1 is 1.12 bits per heavy atom. The SMILES string of the molecule is C=C(/C=C\C(=C/C)C(=O)NC/C(N)=N/NN)C(CCC(C)(C)C)N1C(=O)C(C2=CC=C(C(C)(C)CC)CC2)=NC12CCC(C(C)(C)C)CC2. The predicted octanol–water partition coefficient (Wildman–Crippen LogP) is 7.39. The number of amides is 2. The molecule has 1 atom stereocenters. The Morgan fingerprint density at radius 3 is 2.29 bits per heavy atom. The highest BCUT2D eigenvalue weighted by molar-refractivity contribution is 6.47. The van der Waals surface area contributed by atoms with Gasteiger partial charge in [-0.15, -0.1) is 0 Å². The van der Waals surface area contributed by atoms with Gasteiger partial charge in [0.15, 0.2) is 0 Å². The molecular formula is C40H65N7O2. The minimum Gasteiger partial charge on any atom is -0.384 e. The van der Waals surface area contributed by atoms with Crippen molar-refractivity contribution in [2.75, 3.05) is 6.54 Å². The van der Waals surface area contributed by atoms with Gasteiger partial charge in [0.25, 0.3) is 11.8 Å². The van der Waals surface area contributed by atoms with E-state index in [1.165, 1.54) is 5.57 Å². The first-order valence-corrected chi connectivity index (χ1v) is 18.2. The summed E-state index contributed by atoms with van der Waals surface area (Å²) >= 11 is 0. The standard InChI is InChI=1S/C40H65N7O2/c1-12-28(35(48)43-26-33(41)45-46-42)15-14-27(3)32(22-23-37(4,5)6)47-36(49)34(29-16-18-31(19-17-29)39(10,11)13-2)44-40(47)24-20-30(21-25-40)38(7,8)9/h12,14-16,18,30,32,46H,3,13,17,19-26,42H2,1-2,4-11H3,(H2,41,45)(H,43,48)/b15-14-,28-12+. The number of nitrogens with one attached hydrogen (secondary N) is 2. The van der Waals surface area contributed by atoms with Gasteiger partial charge in [0, 0.05) is 5.57 Å². The molecule has 0 aromatic carbocycles. The van der Waals surface area contributed by atoms with Gasteiger partial charge in [-0.1, -0.05) is 98.8 Å². The minimum absolute atomic E-state index is 0.00722. The Labute approximate surface area is 296 Å². The van der Waals surface area contributed by atoms with Crippen LogP contribution in [0.25, 0.3) is 0 Å². The van der Waals surface area contributed by atoms with E-state index in [0.29, 0.717) is 17.2 Å². The average Bonchev–Trinajstić information content (AvgIpc) is 3.30. The number of hydrazine groups is 1. The van der Waals surface area contributed by atoms with Crippen molar-refractivity contribution in [3.63, 3.8) is 0 Å². The van der Waals surface area contributed by atoms with Crippen LogP contribution in [0.15, 0.2) is 69.3 Å². The summed E-state index contributed by atoms with van der Waals surface area (Å²) in [6.45, 7) is 26.9. The van der Waals surface area contributed by atoms with Gasteiger partial charge in [0.05, 0.1) is 12.6 Å². The lowest BCUT2D eigenvalue weighted by Gasteiger charge is -2.48. The van der Waals surface area contributed by atoms with Crippen LogP contribution in [0, 0.1) is 22.2 Å². The van der Waals surface area contributed by atoms with Crippen LogP contribution in [-0.4, -0.2) is 46.5 Å². The summed E-state index contributed by atoms with van der Waals surface area (Å²) < 4.78 is 0. The van der Waals surface area contributed by atoms with Crippen LogP contribution in [0.1, 0.15) is 127 Å². The van der Waals surface area contributed by atoms with E-state index in [4.69, 9.17) is 16.6 Å². The Bertz CT molecular complexity index is 1420. The summed E-state index contributed by atoms with van der Waals surface area (Å²) in [6, 6.07) is -0.274. The number of allylic oxidation sites excluding steroid dienone is 4. The van der Waals surface area contributed by atoms with Gasteiger partial charge in [-0.3, -0.25) is 14.6 Å². The summed E-state index contributed by atoms with van der Waals surface area (Å²) in [7, 11) is 0. The zero-order chi connectivity index (χ0) is 36.8. The van der Waals surface area contributed by atoms with Gasteiger partial charge in [-0.05, 0) is 104 Å². The topological polar surface area (TPSA) is 138 Å². The lowest BCUT2D eigenvalue weighted by molar-refractivity contribution is -0.132. The van der Waals surface area contributed by atoms with Crippen LogP contribution in [0.2, 0.25) is 0 Å². The molecule has 1 heterocycles. The van der Waals surface area contributed by atoms with Crippen molar-refractivity contribution < 1.29 is 9.59 Å². The van der Waals surface area contributed by atoms with Gasteiger partial charge >= 0.3 is 0 Å². The molecule has 0 bridgehead atoms. The van der Waals surface area contributed by atoms with Crippen LogP contribution in [0.4, 0.5) is 0 Å². The first-order valence-electron chi connectivity index (χ1n) is 18.2. The third-order valence-electron chi connectivity index (χ3n) is 11.0. The van der Waals surface area contributed by atoms with Crippen molar-refractivity contribution in [1.82, 2.24) is 15.8 Å².